The minimum atomic E-state index is -0.626. The Bertz CT molecular complexity index is 1540. The first kappa shape index (κ1) is 26.8. The predicted molar refractivity (Wildman–Crippen MR) is 153 cm³/mol. The van der Waals surface area contributed by atoms with E-state index in [2.05, 4.69) is 34.5 Å². The van der Waals surface area contributed by atoms with Gasteiger partial charge in [-0.05, 0) is 60.0 Å². The number of nitrogens with zero attached hydrogens (tertiary/aromatic N) is 4. The second-order valence-electron chi connectivity index (χ2n) is 11.2. The molecule has 4 aliphatic heterocycles. The fraction of sp³-hybridized carbons (Fsp3) is 0.419. The number of nitrogens with one attached hydrogen (secondary N) is 1. The van der Waals surface area contributed by atoms with Crippen LogP contribution in [0.25, 0.3) is 10.9 Å². The Hall–Kier alpha value is -4.06. The second kappa shape index (κ2) is 11.3. The average molecular weight is 572 g/mol. The van der Waals surface area contributed by atoms with Gasteiger partial charge >= 0.3 is 0 Å². The van der Waals surface area contributed by atoms with Crippen molar-refractivity contribution >= 4 is 34.4 Å². The molecular weight excluding hydrogens is 538 g/mol. The molecule has 2 atom stereocenters. The van der Waals surface area contributed by atoms with Crippen molar-refractivity contribution in [2.75, 3.05) is 44.3 Å². The molecule has 3 fully saturated rings. The number of imide groups is 1. The third kappa shape index (κ3) is 5.42. The minimum absolute atomic E-state index is 0.0363. The zero-order chi connectivity index (χ0) is 28.6. The molecule has 11 heteroatoms. The summed E-state index contributed by atoms with van der Waals surface area (Å²) in [5.74, 6) is 0.789. The molecule has 3 saturated heterocycles. The van der Waals surface area contributed by atoms with Crippen LogP contribution >= 0.6 is 0 Å². The largest absolute Gasteiger partial charge is 0.489 e. The van der Waals surface area contributed by atoms with Crippen LogP contribution in [0.1, 0.15) is 40.7 Å². The molecule has 1 N–H and O–H groups in total. The quantitative estimate of drug-likeness (QED) is 0.427. The molecular formula is C31H33N5O6. The molecule has 0 unspecified atom stereocenters. The van der Waals surface area contributed by atoms with Crippen LogP contribution in [0, 0.1) is 0 Å². The van der Waals surface area contributed by atoms with Gasteiger partial charge in [0.2, 0.25) is 11.8 Å². The van der Waals surface area contributed by atoms with Crippen LogP contribution in [0.3, 0.4) is 0 Å². The maximum absolute atomic E-state index is 13.0. The van der Waals surface area contributed by atoms with Crippen LogP contribution in [0.5, 0.6) is 5.75 Å². The smallest absolute Gasteiger partial charge is 0.255 e. The first-order chi connectivity index (χ1) is 20.5. The Morgan fingerprint density at radius 2 is 1.86 bits per heavy atom. The summed E-state index contributed by atoms with van der Waals surface area (Å²) in [6, 6.07) is 15.3. The number of aromatic nitrogens is 1. The number of anilines is 1. The molecule has 11 nitrogen and oxygen atoms in total. The van der Waals surface area contributed by atoms with Crippen LogP contribution < -0.4 is 15.0 Å². The zero-order valence-electron chi connectivity index (χ0n) is 23.3. The molecule has 42 heavy (non-hydrogen) atoms. The SMILES string of the molecule is O=C1CC[C@H](N2Cc3cc(O[C@H]4CCN(OCc5ccc6nc(N7CCOCC7)ccc6c5)C4)ccc3C2=O)C(=O)N1. The van der Waals surface area contributed by atoms with E-state index in [0.717, 1.165) is 67.1 Å². The van der Waals surface area contributed by atoms with Gasteiger partial charge in [-0.25, -0.2) is 4.98 Å². The van der Waals surface area contributed by atoms with Gasteiger partial charge in [-0.3, -0.25) is 24.5 Å². The van der Waals surface area contributed by atoms with E-state index in [-0.39, 0.29) is 24.3 Å². The first-order valence-electron chi connectivity index (χ1n) is 14.5. The fourth-order valence-corrected chi connectivity index (χ4v) is 6.12. The third-order valence-electron chi connectivity index (χ3n) is 8.39. The summed E-state index contributed by atoms with van der Waals surface area (Å²) in [4.78, 5) is 51.5. The highest BCUT2D eigenvalue weighted by Crippen LogP contribution is 2.31. The van der Waals surface area contributed by atoms with Crippen molar-refractivity contribution in [2.24, 2.45) is 0 Å². The summed E-state index contributed by atoms with van der Waals surface area (Å²) in [5.41, 5.74) is 3.45. The van der Waals surface area contributed by atoms with Gasteiger partial charge in [0.1, 0.15) is 23.7 Å². The molecule has 4 aliphatic rings. The van der Waals surface area contributed by atoms with Crippen molar-refractivity contribution in [1.29, 1.82) is 0 Å². The van der Waals surface area contributed by atoms with E-state index in [4.69, 9.17) is 19.3 Å². The molecule has 218 valence electrons. The highest BCUT2D eigenvalue weighted by atomic mass is 16.7. The third-order valence-corrected chi connectivity index (χ3v) is 8.39. The minimum Gasteiger partial charge on any atom is -0.489 e. The molecule has 3 aromatic rings. The Labute approximate surface area is 243 Å². The van der Waals surface area contributed by atoms with E-state index < -0.39 is 11.9 Å². The zero-order valence-corrected chi connectivity index (χ0v) is 23.3. The van der Waals surface area contributed by atoms with Crippen molar-refractivity contribution in [3.63, 3.8) is 0 Å². The number of fused-ring (bicyclic) bond motifs is 2. The molecule has 7 rings (SSSR count). The average Bonchev–Trinajstić information content (AvgIpc) is 3.59. The van der Waals surface area contributed by atoms with Gasteiger partial charge in [0, 0.05) is 50.0 Å². The number of hydrogen-bond acceptors (Lipinski definition) is 9. The maximum Gasteiger partial charge on any atom is 0.255 e. The van der Waals surface area contributed by atoms with Gasteiger partial charge in [-0.1, -0.05) is 6.07 Å². The van der Waals surface area contributed by atoms with Crippen molar-refractivity contribution < 1.29 is 28.7 Å². The van der Waals surface area contributed by atoms with E-state index in [0.29, 0.717) is 37.4 Å². The lowest BCUT2D eigenvalue weighted by atomic mass is 10.0. The monoisotopic (exact) mass is 571 g/mol. The molecule has 3 amide bonds. The number of rotatable bonds is 7. The molecule has 0 bridgehead atoms. The summed E-state index contributed by atoms with van der Waals surface area (Å²) in [6.45, 7) is 5.38. The molecule has 0 radical (unpaired) electrons. The van der Waals surface area contributed by atoms with Crippen molar-refractivity contribution in [3.05, 3.63) is 65.2 Å². The Kier molecular flexibility index (Phi) is 7.22. The lowest BCUT2D eigenvalue weighted by Crippen LogP contribution is -2.52. The molecule has 5 heterocycles. The van der Waals surface area contributed by atoms with E-state index in [1.54, 1.807) is 11.0 Å². The molecule has 2 aromatic carbocycles. The Balaban J connectivity index is 0.923. The van der Waals surface area contributed by atoms with Crippen LogP contribution in [0.4, 0.5) is 5.82 Å². The van der Waals surface area contributed by atoms with Crippen molar-refractivity contribution in [2.45, 2.75) is 44.6 Å². The summed E-state index contributed by atoms with van der Waals surface area (Å²) in [5, 5.41) is 5.36. The normalized spacial score (nSPS) is 23.0. The van der Waals surface area contributed by atoms with E-state index in [1.807, 2.05) is 23.3 Å². The number of carbonyl (C=O) groups is 3. The van der Waals surface area contributed by atoms with E-state index in [9.17, 15) is 14.4 Å². The Morgan fingerprint density at radius 3 is 2.71 bits per heavy atom. The number of piperidine rings is 1. The summed E-state index contributed by atoms with van der Waals surface area (Å²) in [6.07, 6.45) is 1.37. The topological polar surface area (TPSA) is 114 Å². The number of carbonyl (C=O) groups excluding carboxylic acids is 3. The van der Waals surface area contributed by atoms with Crippen LogP contribution in [-0.2, 0) is 32.3 Å². The predicted octanol–water partition coefficient (Wildman–Crippen LogP) is 2.42. The summed E-state index contributed by atoms with van der Waals surface area (Å²) < 4.78 is 11.7. The first-order valence-corrected chi connectivity index (χ1v) is 14.5. The van der Waals surface area contributed by atoms with Crippen molar-refractivity contribution in [3.8, 4) is 5.75 Å². The van der Waals surface area contributed by atoms with Gasteiger partial charge in [0.15, 0.2) is 0 Å². The molecule has 0 saturated carbocycles. The second-order valence-corrected chi connectivity index (χ2v) is 11.2. The van der Waals surface area contributed by atoms with E-state index in [1.165, 1.54) is 0 Å². The lowest BCUT2D eigenvalue weighted by Gasteiger charge is -2.29. The number of hydrogen-bond donors (Lipinski definition) is 1. The molecule has 1 aromatic heterocycles. The van der Waals surface area contributed by atoms with Gasteiger partial charge < -0.3 is 19.3 Å². The number of hydroxylamine groups is 2. The van der Waals surface area contributed by atoms with Gasteiger partial charge in [0.25, 0.3) is 5.91 Å². The van der Waals surface area contributed by atoms with Crippen molar-refractivity contribution in [1.82, 2.24) is 20.3 Å². The maximum atomic E-state index is 13.0. The summed E-state index contributed by atoms with van der Waals surface area (Å²) in [7, 11) is 0. The molecule has 0 spiro atoms. The standard InChI is InChI=1S/C31H33N5O6/c37-29-8-6-27(30(38)33-29)36-17-22-16-23(3-4-25(22)31(36)39)42-24-9-10-35(18-24)41-19-20-1-5-26-21(15-20)2-7-28(32-26)34-11-13-40-14-12-34/h1-5,7,15-16,24,27H,6,8-14,17-19H2,(H,33,37,38)/t24-,27-/m0/s1. The van der Waals surface area contributed by atoms with Gasteiger partial charge in [-0.15, -0.1) is 0 Å². The number of morpholine rings is 1. The van der Waals surface area contributed by atoms with Crippen LogP contribution in [-0.4, -0.2) is 84.2 Å². The van der Waals surface area contributed by atoms with Gasteiger partial charge in [-0.2, -0.15) is 5.06 Å². The highest BCUT2D eigenvalue weighted by Gasteiger charge is 2.39. The van der Waals surface area contributed by atoms with Crippen LogP contribution in [0.15, 0.2) is 48.5 Å². The van der Waals surface area contributed by atoms with Crippen LogP contribution in [0.2, 0.25) is 0 Å². The van der Waals surface area contributed by atoms with E-state index >= 15 is 0 Å². The number of pyridine rings is 1. The van der Waals surface area contributed by atoms with Gasteiger partial charge in [0.05, 0.1) is 31.9 Å². The number of amides is 3. The number of ether oxygens (including phenoxy) is 2. The lowest BCUT2D eigenvalue weighted by molar-refractivity contribution is -0.157. The highest BCUT2D eigenvalue weighted by molar-refractivity contribution is 6.05. The Morgan fingerprint density at radius 1 is 0.976 bits per heavy atom. The number of benzene rings is 2. The molecule has 0 aliphatic carbocycles. The summed E-state index contributed by atoms with van der Waals surface area (Å²) >= 11 is 0. The fourth-order valence-electron chi connectivity index (χ4n) is 6.12.